The zero-order chi connectivity index (χ0) is 8.73. The summed E-state index contributed by atoms with van der Waals surface area (Å²) in [6.45, 7) is 0. The Bertz CT molecular complexity index is 179. The zero-order valence-corrected chi connectivity index (χ0v) is 8.52. The second-order valence-corrected chi connectivity index (χ2v) is 5.49. The van der Waals surface area contributed by atoms with Crippen LogP contribution in [0.5, 0.6) is 0 Å². The van der Waals surface area contributed by atoms with Crippen molar-refractivity contribution < 1.29 is 0 Å². The van der Waals surface area contributed by atoms with Crippen molar-refractivity contribution in [3.8, 4) is 0 Å². The van der Waals surface area contributed by atoms with Crippen molar-refractivity contribution in [2.24, 2.45) is 5.92 Å². The second-order valence-electron chi connectivity index (χ2n) is 5.49. The molecule has 0 aromatic heterocycles. The van der Waals surface area contributed by atoms with Crippen molar-refractivity contribution in [1.82, 2.24) is 5.32 Å². The van der Waals surface area contributed by atoms with E-state index in [9.17, 15) is 0 Å². The molecular weight excluding hydrogens is 158 g/mol. The molecule has 2 atom stereocenters. The Kier molecular flexibility index (Phi) is 1.90. The Labute approximate surface area is 81.3 Å². The summed E-state index contributed by atoms with van der Waals surface area (Å²) < 4.78 is 0. The summed E-state index contributed by atoms with van der Waals surface area (Å²) >= 11 is 0. The van der Waals surface area contributed by atoms with Crippen molar-refractivity contribution in [1.29, 1.82) is 0 Å². The molecule has 0 unspecified atom stereocenters. The highest BCUT2D eigenvalue weighted by molar-refractivity contribution is 5.05. The quantitative estimate of drug-likeness (QED) is 0.603. The van der Waals surface area contributed by atoms with E-state index in [1.807, 2.05) is 0 Å². The molecule has 1 nitrogen and oxygen atoms in total. The van der Waals surface area contributed by atoms with Gasteiger partial charge in [0.2, 0.25) is 0 Å². The first kappa shape index (κ1) is 8.28. The number of hydrogen-bond acceptors (Lipinski definition) is 1. The first-order valence-electron chi connectivity index (χ1n) is 6.16. The van der Waals surface area contributed by atoms with Crippen LogP contribution in [0.4, 0.5) is 0 Å². The normalized spacial score (nSPS) is 42.5. The summed E-state index contributed by atoms with van der Waals surface area (Å²) in [4.78, 5) is 0. The highest BCUT2D eigenvalue weighted by atomic mass is 15.1. The van der Waals surface area contributed by atoms with Crippen molar-refractivity contribution in [3.63, 3.8) is 0 Å². The molecule has 1 spiro atoms. The van der Waals surface area contributed by atoms with E-state index in [1.165, 1.54) is 57.8 Å². The zero-order valence-electron chi connectivity index (χ0n) is 8.52. The number of hydrogen-bond donors (Lipinski definition) is 1. The van der Waals surface area contributed by atoms with Gasteiger partial charge in [0, 0.05) is 11.6 Å². The van der Waals surface area contributed by atoms with Crippen LogP contribution in [0.25, 0.3) is 0 Å². The Morgan fingerprint density at radius 1 is 0.923 bits per heavy atom. The Balaban J connectivity index is 1.73. The fourth-order valence-electron chi connectivity index (χ4n) is 4.00. The van der Waals surface area contributed by atoms with Crippen molar-refractivity contribution in [3.05, 3.63) is 0 Å². The van der Waals surface area contributed by atoms with Crippen molar-refractivity contribution in [2.45, 2.75) is 69.4 Å². The topological polar surface area (TPSA) is 12.0 Å². The summed E-state index contributed by atoms with van der Waals surface area (Å²) in [6, 6.07) is 0.915. The Morgan fingerprint density at radius 2 is 1.77 bits per heavy atom. The van der Waals surface area contributed by atoms with Gasteiger partial charge in [-0.15, -0.1) is 0 Å². The summed E-state index contributed by atoms with van der Waals surface area (Å²) in [6.07, 6.45) is 13.4. The summed E-state index contributed by atoms with van der Waals surface area (Å²) in [5, 5.41) is 3.97. The highest BCUT2D eigenvalue weighted by Gasteiger charge is 2.46. The maximum atomic E-state index is 3.97. The molecule has 0 radical (unpaired) electrons. The first-order valence-corrected chi connectivity index (χ1v) is 6.16. The summed E-state index contributed by atoms with van der Waals surface area (Å²) in [7, 11) is 0. The largest absolute Gasteiger partial charge is 0.308 e. The van der Waals surface area contributed by atoms with E-state index in [0.717, 1.165) is 12.0 Å². The molecule has 3 fully saturated rings. The fraction of sp³-hybridized carbons (Fsp3) is 1.00. The van der Waals surface area contributed by atoms with Crippen LogP contribution in [-0.4, -0.2) is 11.6 Å². The minimum Gasteiger partial charge on any atom is -0.308 e. The van der Waals surface area contributed by atoms with Gasteiger partial charge in [-0.25, -0.2) is 0 Å². The maximum Gasteiger partial charge on any atom is 0.0187 e. The van der Waals surface area contributed by atoms with E-state index in [2.05, 4.69) is 5.32 Å². The van der Waals surface area contributed by atoms with Gasteiger partial charge in [0.25, 0.3) is 0 Å². The average Bonchev–Trinajstić information content (AvgIpc) is 2.64. The molecule has 0 amide bonds. The minimum atomic E-state index is 0.619. The van der Waals surface area contributed by atoms with Gasteiger partial charge >= 0.3 is 0 Å². The smallest absolute Gasteiger partial charge is 0.0187 e. The molecule has 2 aliphatic carbocycles. The number of nitrogens with one attached hydrogen (secondary N) is 1. The van der Waals surface area contributed by atoms with Crippen LogP contribution in [0.15, 0.2) is 0 Å². The van der Waals surface area contributed by atoms with Crippen LogP contribution in [-0.2, 0) is 0 Å². The average molecular weight is 179 g/mol. The third-order valence-corrected chi connectivity index (χ3v) is 4.61. The van der Waals surface area contributed by atoms with Crippen LogP contribution < -0.4 is 5.32 Å². The molecule has 2 saturated carbocycles. The molecule has 0 bridgehead atoms. The third-order valence-electron chi connectivity index (χ3n) is 4.61. The van der Waals surface area contributed by atoms with E-state index in [4.69, 9.17) is 0 Å². The minimum absolute atomic E-state index is 0.619. The molecular formula is C12H21N. The molecule has 1 saturated heterocycles. The highest BCUT2D eigenvalue weighted by Crippen LogP contribution is 2.45. The van der Waals surface area contributed by atoms with Crippen LogP contribution in [0, 0.1) is 5.92 Å². The SMILES string of the molecule is C1CCC2(CC1)C[C@@H]1CCC[C@@H]1N2. The third kappa shape index (κ3) is 1.32. The lowest BCUT2D eigenvalue weighted by atomic mass is 9.79. The molecule has 1 heteroatoms. The van der Waals surface area contributed by atoms with Crippen molar-refractivity contribution in [2.75, 3.05) is 0 Å². The lowest BCUT2D eigenvalue weighted by Gasteiger charge is -2.35. The van der Waals surface area contributed by atoms with Gasteiger partial charge in [-0.3, -0.25) is 0 Å². The van der Waals surface area contributed by atoms with Gasteiger partial charge in [-0.1, -0.05) is 25.7 Å². The standard InChI is InChI=1S/C12H21N/c1-2-7-12(8-3-1)9-10-5-4-6-11(10)13-12/h10-11,13H,1-9H2/t10-,11-/m0/s1. The van der Waals surface area contributed by atoms with Crippen LogP contribution in [0.2, 0.25) is 0 Å². The van der Waals surface area contributed by atoms with Gasteiger partial charge in [0.1, 0.15) is 0 Å². The van der Waals surface area contributed by atoms with Gasteiger partial charge in [-0.05, 0) is 38.0 Å². The molecule has 74 valence electrons. The Morgan fingerprint density at radius 3 is 2.54 bits per heavy atom. The van der Waals surface area contributed by atoms with Gasteiger partial charge in [0.15, 0.2) is 0 Å². The van der Waals surface area contributed by atoms with E-state index in [0.29, 0.717) is 5.54 Å². The van der Waals surface area contributed by atoms with Gasteiger partial charge in [-0.2, -0.15) is 0 Å². The second kappa shape index (κ2) is 2.98. The van der Waals surface area contributed by atoms with Crippen LogP contribution in [0.3, 0.4) is 0 Å². The summed E-state index contributed by atoms with van der Waals surface area (Å²) in [5.41, 5.74) is 0.619. The fourth-order valence-corrected chi connectivity index (χ4v) is 4.00. The van der Waals surface area contributed by atoms with E-state index < -0.39 is 0 Å². The van der Waals surface area contributed by atoms with Gasteiger partial charge < -0.3 is 5.32 Å². The number of rotatable bonds is 0. The lowest BCUT2D eigenvalue weighted by molar-refractivity contribution is 0.246. The number of fused-ring (bicyclic) bond motifs is 1. The van der Waals surface area contributed by atoms with Crippen molar-refractivity contribution >= 4 is 0 Å². The molecule has 3 aliphatic rings. The van der Waals surface area contributed by atoms with E-state index in [1.54, 1.807) is 0 Å². The first-order chi connectivity index (χ1) is 6.38. The molecule has 1 N–H and O–H groups in total. The maximum absolute atomic E-state index is 3.97. The Hall–Kier alpha value is -0.0400. The predicted molar refractivity (Wildman–Crippen MR) is 54.7 cm³/mol. The van der Waals surface area contributed by atoms with E-state index in [-0.39, 0.29) is 0 Å². The van der Waals surface area contributed by atoms with Crippen LogP contribution >= 0.6 is 0 Å². The van der Waals surface area contributed by atoms with E-state index >= 15 is 0 Å². The van der Waals surface area contributed by atoms with Crippen LogP contribution in [0.1, 0.15) is 57.8 Å². The molecule has 0 aromatic carbocycles. The molecule has 3 rings (SSSR count). The molecule has 1 heterocycles. The predicted octanol–water partition coefficient (Wildman–Crippen LogP) is 2.85. The van der Waals surface area contributed by atoms with Gasteiger partial charge in [0.05, 0.1) is 0 Å². The summed E-state index contributed by atoms with van der Waals surface area (Å²) in [5.74, 6) is 1.05. The molecule has 1 aliphatic heterocycles. The molecule has 0 aromatic rings. The lowest BCUT2D eigenvalue weighted by Crippen LogP contribution is -2.44. The molecule has 13 heavy (non-hydrogen) atoms. The monoisotopic (exact) mass is 179 g/mol.